The molecule has 1 N–H and O–H groups in total. The van der Waals surface area contributed by atoms with E-state index < -0.39 is 0 Å². The normalized spacial score (nSPS) is 15.3. The average Bonchev–Trinajstić information content (AvgIpc) is 3.55. The highest BCUT2D eigenvalue weighted by Crippen LogP contribution is 2.34. The number of pyridine rings is 1. The van der Waals surface area contributed by atoms with E-state index in [0.717, 1.165) is 24.8 Å². The maximum Gasteiger partial charge on any atom is 0.259 e. The number of amides is 1. The van der Waals surface area contributed by atoms with Crippen molar-refractivity contribution in [2.45, 2.75) is 25.3 Å². The van der Waals surface area contributed by atoms with Gasteiger partial charge in [-0.05, 0) is 48.6 Å². The number of aromatic nitrogens is 2. The Hall–Kier alpha value is -4.19. The zero-order valence-electron chi connectivity index (χ0n) is 17.8. The Kier molecular flexibility index (Phi) is 4.76. The lowest BCUT2D eigenvalue weighted by molar-refractivity contribution is 0.0934. The third-order valence-electron chi connectivity index (χ3n) is 6.19. The van der Waals surface area contributed by atoms with Gasteiger partial charge in [-0.25, -0.2) is 4.98 Å². The molecule has 3 aromatic heterocycles. The SMILES string of the molecule is O=C(NC1CCCc2ccccc21)c1cc(-c2ccco2)nc2onc(-c3ccccc3)c12. The van der Waals surface area contributed by atoms with Crippen LogP contribution in [-0.4, -0.2) is 16.0 Å². The van der Waals surface area contributed by atoms with Crippen molar-refractivity contribution < 1.29 is 13.7 Å². The molecule has 6 rings (SSSR count). The summed E-state index contributed by atoms with van der Waals surface area (Å²) in [7, 11) is 0. The summed E-state index contributed by atoms with van der Waals surface area (Å²) < 4.78 is 11.1. The van der Waals surface area contributed by atoms with Crippen molar-refractivity contribution in [1.29, 1.82) is 0 Å². The Balaban J connectivity index is 1.47. The van der Waals surface area contributed by atoms with E-state index in [1.807, 2.05) is 48.5 Å². The number of hydrogen-bond acceptors (Lipinski definition) is 5. The first-order valence-corrected chi connectivity index (χ1v) is 11.1. The minimum Gasteiger partial charge on any atom is -0.463 e. The van der Waals surface area contributed by atoms with Gasteiger partial charge in [-0.3, -0.25) is 4.79 Å². The van der Waals surface area contributed by atoms with Crippen molar-refractivity contribution >= 4 is 17.0 Å². The summed E-state index contributed by atoms with van der Waals surface area (Å²) in [6.45, 7) is 0. The topological polar surface area (TPSA) is 81.2 Å². The van der Waals surface area contributed by atoms with Gasteiger partial charge in [0, 0.05) is 5.56 Å². The Bertz CT molecular complexity index is 1440. The molecule has 1 amide bonds. The fourth-order valence-electron chi connectivity index (χ4n) is 4.61. The lowest BCUT2D eigenvalue weighted by Crippen LogP contribution is -2.31. The zero-order valence-corrected chi connectivity index (χ0v) is 17.8. The van der Waals surface area contributed by atoms with Crippen molar-refractivity contribution in [1.82, 2.24) is 15.5 Å². The molecule has 3 heterocycles. The van der Waals surface area contributed by atoms with Crippen LogP contribution >= 0.6 is 0 Å². The Morgan fingerprint density at radius 3 is 2.70 bits per heavy atom. The number of nitrogens with one attached hydrogen (secondary N) is 1. The summed E-state index contributed by atoms with van der Waals surface area (Å²) in [6, 6.07) is 23.3. The number of carbonyl (C=O) groups is 1. The summed E-state index contributed by atoms with van der Waals surface area (Å²) in [5.74, 6) is 0.379. The van der Waals surface area contributed by atoms with Gasteiger partial charge in [-0.1, -0.05) is 59.8 Å². The van der Waals surface area contributed by atoms with E-state index in [2.05, 4.69) is 27.6 Å². The second-order valence-electron chi connectivity index (χ2n) is 8.23. The molecule has 6 nitrogen and oxygen atoms in total. The predicted octanol–water partition coefficient (Wildman–Crippen LogP) is 5.96. The molecule has 0 radical (unpaired) electrons. The van der Waals surface area contributed by atoms with Crippen LogP contribution < -0.4 is 5.32 Å². The first kappa shape index (κ1) is 19.5. The Morgan fingerprint density at radius 1 is 1.00 bits per heavy atom. The van der Waals surface area contributed by atoms with E-state index in [4.69, 9.17) is 8.94 Å². The molecule has 33 heavy (non-hydrogen) atoms. The maximum atomic E-state index is 13.7. The van der Waals surface area contributed by atoms with Crippen LogP contribution in [0.5, 0.6) is 0 Å². The molecular weight excluding hydrogens is 414 g/mol. The number of benzene rings is 2. The van der Waals surface area contributed by atoms with Crippen molar-refractivity contribution in [3.05, 3.63) is 95.7 Å². The molecule has 0 spiro atoms. The summed E-state index contributed by atoms with van der Waals surface area (Å²) in [6.07, 6.45) is 4.55. The third-order valence-corrected chi connectivity index (χ3v) is 6.19. The lowest BCUT2D eigenvalue weighted by Gasteiger charge is -2.26. The molecule has 1 unspecified atom stereocenters. The van der Waals surface area contributed by atoms with Crippen LogP contribution in [0.3, 0.4) is 0 Å². The molecule has 162 valence electrons. The van der Waals surface area contributed by atoms with Crippen molar-refractivity contribution in [3.63, 3.8) is 0 Å². The monoisotopic (exact) mass is 435 g/mol. The highest BCUT2D eigenvalue weighted by atomic mass is 16.5. The molecule has 1 aliphatic carbocycles. The van der Waals surface area contributed by atoms with Crippen LogP contribution in [0.2, 0.25) is 0 Å². The molecule has 0 aliphatic heterocycles. The van der Waals surface area contributed by atoms with E-state index in [9.17, 15) is 4.79 Å². The van der Waals surface area contributed by atoms with Crippen molar-refractivity contribution in [2.75, 3.05) is 0 Å². The van der Waals surface area contributed by atoms with Crippen molar-refractivity contribution in [3.8, 4) is 22.7 Å². The fourth-order valence-corrected chi connectivity index (χ4v) is 4.61. The predicted molar refractivity (Wildman–Crippen MR) is 125 cm³/mol. The molecule has 0 fully saturated rings. The molecule has 6 heteroatoms. The molecular formula is C27H21N3O3. The van der Waals surface area contributed by atoms with Gasteiger partial charge < -0.3 is 14.3 Å². The van der Waals surface area contributed by atoms with E-state index in [0.29, 0.717) is 33.8 Å². The van der Waals surface area contributed by atoms with E-state index in [1.165, 1.54) is 11.1 Å². The first-order chi connectivity index (χ1) is 16.3. The molecule has 5 aromatic rings. The Labute approximate surface area is 190 Å². The number of carbonyl (C=O) groups excluding carboxylic acids is 1. The van der Waals surface area contributed by atoms with Gasteiger partial charge in [-0.2, -0.15) is 0 Å². The van der Waals surface area contributed by atoms with E-state index in [1.54, 1.807) is 18.4 Å². The maximum absolute atomic E-state index is 13.7. The molecule has 0 saturated carbocycles. The zero-order chi connectivity index (χ0) is 22.2. The highest BCUT2D eigenvalue weighted by Gasteiger charge is 2.26. The molecule has 1 atom stereocenters. The molecule has 2 aromatic carbocycles. The standard InChI is InChI=1S/C27H21N3O3/c31-26(28-21-13-6-11-17-8-4-5-12-19(17)21)20-16-22(23-14-7-15-32-23)29-27-24(20)25(30-33-27)18-9-2-1-3-10-18/h1-5,7-10,12,14-16,21H,6,11,13H2,(H,28,31). The lowest BCUT2D eigenvalue weighted by atomic mass is 9.87. The van der Waals surface area contributed by atoms with E-state index >= 15 is 0 Å². The number of hydrogen-bond donors (Lipinski definition) is 1. The summed E-state index contributed by atoms with van der Waals surface area (Å²) >= 11 is 0. The third kappa shape index (κ3) is 3.49. The van der Waals surface area contributed by atoms with Crippen molar-refractivity contribution in [2.24, 2.45) is 0 Å². The number of rotatable bonds is 4. The first-order valence-electron chi connectivity index (χ1n) is 11.1. The van der Waals surface area contributed by atoms with Gasteiger partial charge in [-0.15, -0.1) is 0 Å². The van der Waals surface area contributed by atoms with Gasteiger partial charge in [0.2, 0.25) is 0 Å². The average molecular weight is 435 g/mol. The van der Waals surface area contributed by atoms with Crippen LogP contribution in [0.4, 0.5) is 0 Å². The number of furan rings is 1. The summed E-state index contributed by atoms with van der Waals surface area (Å²) in [5.41, 5.74) is 5.23. The summed E-state index contributed by atoms with van der Waals surface area (Å²) in [4.78, 5) is 18.3. The van der Waals surface area contributed by atoms with Gasteiger partial charge in [0.1, 0.15) is 11.4 Å². The second-order valence-corrected chi connectivity index (χ2v) is 8.23. The molecule has 0 bridgehead atoms. The summed E-state index contributed by atoms with van der Waals surface area (Å²) in [5, 5.41) is 8.12. The minimum absolute atomic E-state index is 0.0437. The molecule has 1 aliphatic rings. The number of fused-ring (bicyclic) bond motifs is 2. The van der Waals surface area contributed by atoms with Crippen LogP contribution in [0.25, 0.3) is 33.8 Å². The van der Waals surface area contributed by atoms with Gasteiger partial charge in [0.25, 0.3) is 11.6 Å². The van der Waals surface area contributed by atoms with Crippen LogP contribution in [0, 0.1) is 0 Å². The fraction of sp³-hybridized carbons (Fsp3) is 0.148. The quantitative estimate of drug-likeness (QED) is 0.377. The van der Waals surface area contributed by atoms with Gasteiger partial charge >= 0.3 is 0 Å². The largest absolute Gasteiger partial charge is 0.463 e. The smallest absolute Gasteiger partial charge is 0.259 e. The number of aryl methyl sites for hydroxylation is 1. The van der Waals surface area contributed by atoms with Gasteiger partial charge in [0.05, 0.1) is 23.3 Å². The molecule has 0 saturated heterocycles. The minimum atomic E-state index is -0.183. The second kappa shape index (κ2) is 8.06. The van der Waals surface area contributed by atoms with E-state index in [-0.39, 0.29) is 11.9 Å². The van der Waals surface area contributed by atoms with Gasteiger partial charge in [0.15, 0.2) is 5.76 Å². The van der Waals surface area contributed by atoms with Crippen LogP contribution in [0.1, 0.15) is 40.4 Å². The Morgan fingerprint density at radius 2 is 1.85 bits per heavy atom. The number of nitrogens with zero attached hydrogens (tertiary/aromatic N) is 2. The van der Waals surface area contributed by atoms with Crippen LogP contribution in [-0.2, 0) is 6.42 Å². The highest BCUT2D eigenvalue weighted by molar-refractivity contribution is 6.10. The van der Waals surface area contributed by atoms with Crippen LogP contribution in [0.15, 0.2) is 88.0 Å².